The third kappa shape index (κ3) is 3.67. The Morgan fingerprint density at radius 3 is 2.61 bits per heavy atom. The minimum Gasteiger partial charge on any atom is -0.494 e. The Hall–Kier alpha value is -1.16. The van der Waals surface area contributed by atoms with Crippen molar-refractivity contribution in [2.75, 3.05) is 17.7 Å². The van der Waals surface area contributed by atoms with Crippen LogP contribution in [0.15, 0.2) is 29.3 Å². The number of benzene rings is 1. The highest BCUT2D eigenvalue weighted by Gasteiger charge is 2.25. The zero-order valence-corrected chi connectivity index (χ0v) is 12.0. The molecule has 0 aromatic heterocycles. The zero-order valence-electron chi connectivity index (χ0n) is 11.2. The smallest absolute Gasteiger partial charge is 0.161 e. The highest BCUT2D eigenvalue weighted by molar-refractivity contribution is 8.14. The minimum atomic E-state index is 0.0528. The van der Waals surface area contributed by atoms with E-state index in [1.165, 1.54) is 0 Å². The molecule has 98 valence electrons. The number of aliphatic imine (C=N–C) groups is 1. The number of ether oxygens (including phenoxy) is 1. The molecule has 0 saturated heterocycles. The van der Waals surface area contributed by atoms with Crippen LogP contribution in [0.2, 0.25) is 0 Å². The number of rotatable bonds is 4. The molecule has 0 spiro atoms. The van der Waals surface area contributed by atoms with E-state index in [1.807, 2.05) is 24.3 Å². The average Bonchev–Trinajstić information content (AvgIpc) is 2.68. The lowest BCUT2D eigenvalue weighted by Gasteiger charge is -2.09. The molecule has 18 heavy (non-hydrogen) atoms. The Balaban J connectivity index is 1.94. The van der Waals surface area contributed by atoms with Gasteiger partial charge in [-0.25, -0.2) is 0 Å². The van der Waals surface area contributed by atoms with Crippen LogP contribution in [0.25, 0.3) is 0 Å². The second kappa shape index (κ2) is 5.65. The van der Waals surface area contributed by atoms with Gasteiger partial charge in [0, 0.05) is 11.4 Å². The van der Waals surface area contributed by atoms with E-state index in [4.69, 9.17) is 4.74 Å². The molecule has 0 bridgehead atoms. The first-order valence-corrected chi connectivity index (χ1v) is 7.30. The molecule has 0 amide bonds. The summed E-state index contributed by atoms with van der Waals surface area (Å²) in [6, 6.07) is 8.03. The maximum Gasteiger partial charge on any atom is 0.161 e. The van der Waals surface area contributed by atoms with Crippen LogP contribution in [-0.4, -0.2) is 23.1 Å². The number of anilines is 1. The first kappa shape index (κ1) is 13.3. The maximum absolute atomic E-state index is 5.55. The Morgan fingerprint density at radius 2 is 2.06 bits per heavy atom. The normalized spacial score (nSPS) is 17.4. The summed E-state index contributed by atoms with van der Waals surface area (Å²) < 4.78 is 5.55. The van der Waals surface area contributed by atoms with E-state index in [-0.39, 0.29) is 5.54 Å². The summed E-state index contributed by atoms with van der Waals surface area (Å²) in [5.41, 5.74) is 1.11. The van der Waals surface area contributed by atoms with Gasteiger partial charge in [-0.05, 0) is 44.5 Å². The molecule has 0 radical (unpaired) electrons. The number of hydrogen-bond acceptors (Lipinski definition) is 4. The van der Waals surface area contributed by atoms with Gasteiger partial charge in [0.2, 0.25) is 0 Å². The molecule has 1 aromatic rings. The van der Waals surface area contributed by atoms with Crippen LogP contribution in [0.5, 0.6) is 5.75 Å². The Morgan fingerprint density at radius 1 is 1.33 bits per heavy atom. The molecular weight excluding hydrogens is 244 g/mol. The second-order valence-corrected chi connectivity index (χ2v) is 5.98. The predicted octanol–water partition coefficient (Wildman–Crippen LogP) is 3.77. The summed E-state index contributed by atoms with van der Waals surface area (Å²) in [6.45, 7) is 7.17. The monoisotopic (exact) mass is 264 g/mol. The lowest BCUT2D eigenvalue weighted by atomic mass is 10.1. The zero-order chi connectivity index (χ0) is 13.0. The number of nitrogens with zero attached hydrogens (tertiary/aromatic N) is 1. The number of nitrogens with one attached hydrogen (secondary N) is 1. The quantitative estimate of drug-likeness (QED) is 0.898. The molecule has 0 atom stereocenters. The van der Waals surface area contributed by atoms with Crippen molar-refractivity contribution in [3.05, 3.63) is 24.3 Å². The Kier molecular flexibility index (Phi) is 4.17. The van der Waals surface area contributed by atoms with E-state index in [1.54, 1.807) is 11.8 Å². The average molecular weight is 264 g/mol. The van der Waals surface area contributed by atoms with Crippen LogP contribution < -0.4 is 10.1 Å². The Bertz CT molecular complexity index is 426. The summed E-state index contributed by atoms with van der Waals surface area (Å²) in [5.74, 6) is 1.95. The van der Waals surface area contributed by atoms with Gasteiger partial charge in [-0.15, -0.1) is 0 Å². The third-order valence-corrected chi connectivity index (χ3v) is 3.86. The van der Waals surface area contributed by atoms with Gasteiger partial charge >= 0.3 is 0 Å². The van der Waals surface area contributed by atoms with Crippen molar-refractivity contribution in [1.29, 1.82) is 0 Å². The summed E-state index contributed by atoms with van der Waals surface area (Å²) in [4.78, 5) is 4.62. The molecule has 3 nitrogen and oxygen atoms in total. The van der Waals surface area contributed by atoms with Crippen LogP contribution in [0.4, 0.5) is 5.69 Å². The first-order chi connectivity index (χ1) is 8.59. The fraction of sp³-hybridized carbons (Fsp3) is 0.500. The van der Waals surface area contributed by atoms with Crippen LogP contribution >= 0.6 is 11.8 Å². The third-order valence-electron chi connectivity index (χ3n) is 2.54. The topological polar surface area (TPSA) is 33.6 Å². The summed E-state index contributed by atoms with van der Waals surface area (Å²) in [7, 11) is 0. The van der Waals surface area contributed by atoms with Crippen LogP contribution in [0.1, 0.15) is 27.2 Å². The van der Waals surface area contributed by atoms with Crippen LogP contribution in [0, 0.1) is 0 Å². The first-order valence-electron chi connectivity index (χ1n) is 6.31. The lowest BCUT2D eigenvalue weighted by Crippen LogP contribution is -2.15. The minimum absolute atomic E-state index is 0.0528. The van der Waals surface area contributed by atoms with Crippen molar-refractivity contribution in [3.8, 4) is 5.75 Å². The van der Waals surface area contributed by atoms with Gasteiger partial charge in [-0.2, -0.15) is 0 Å². The van der Waals surface area contributed by atoms with Crippen LogP contribution in [0.3, 0.4) is 0 Å². The molecule has 1 heterocycles. The van der Waals surface area contributed by atoms with Gasteiger partial charge < -0.3 is 10.1 Å². The molecule has 1 N–H and O–H groups in total. The van der Waals surface area contributed by atoms with E-state index in [9.17, 15) is 0 Å². The molecule has 0 aliphatic carbocycles. The number of amidine groups is 1. The molecule has 0 saturated carbocycles. The molecule has 1 aliphatic heterocycles. The van der Waals surface area contributed by atoms with E-state index in [2.05, 4.69) is 31.1 Å². The van der Waals surface area contributed by atoms with E-state index >= 15 is 0 Å². The molecule has 0 unspecified atom stereocenters. The molecular formula is C14H20N2OS. The fourth-order valence-electron chi connectivity index (χ4n) is 1.63. The SMILES string of the molecule is CCCOc1ccc(NC2=NC(C)(C)CS2)cc1. The van der Waals surface area contributed by atoms with Crippen molar-refractivity contribution in [2.24, 2.45) is 4.99 Å². The molecule has 1 aromatic carbocycles. The molecule has 1 aliphatic rings. The number of hydrogen-bond donors (Lipinski definition) is 1. The maximum atomic E-state index is 5.55. The van der Waals surface area contributed by atoms with Gasteiger partial charge in [0.15, 0.2) is 5.17 Å². The molecule has 2 rings (SSSR count). The van der Waals surface area contributed by atoms with Crippen LogP contribution in [-0.2, 0) is 0 Å². The van der Waals surface area contributed by atoms with E-state index in [0.29, 0.717) is 0 Å². The van der Waals surface area contributed by atoms with E-state index < -0.39 is 0 Å². The van der Waals surface area contributed by atoms with Gasteiger partial charge in [-0.3, -0.25) is 4.99 Å². The van der Waals surface area contributed by atoms with E-state index in [0.717, 1.165) is 35.4 Å². The molecule has 4 heteroatoms. The van der Waals surface area contributed by atoms with Gasteiger partial charge in [-0.1, -0.05) is 18.7 Å². The van der Waals surface area contributed by atoms with Crippen molar-refractivity contribution in [1.82, 2.24) is 0 Å². The summed E-state index contributed by atoms with van der Waals surface area (Å²) in [6.07, 6.45) is 1.03. The summed E-state index contributed by atoms with van der Waals surface area (Å²) in [5, 5.41) is 4.34. The van der Waals surface area contributed by atoms with Crippen molar-refractivity contribution >= 4 is 22.6 Å². The Labute approximate surface area is 113 Å². The highest BCUT2D eigenvalue weighted by Crippen LogP contribution is 2.28. The number of thioether (sulfide) groups is 1. The van der Waals surface area contributed by atoms with Crippen molar-refractivity contribution in [3.63, 3.8) is 0 Å². The van der Waals surface area contributed by atoms with Gasteiger partial charge in [0.05, 0.1) is 12.1 Å². The van der Waals surface area contributed by atoms with Gasteiger partial charge in [0.25, 0.3) is 0 Å². The lowest BCUT2D eigenvalue weighted by molar-refractivity contribution is 0.317. The standard InChI is InChI=1S/C14H20N2OS/c1-4-9-17-12-7-5-11(6-8-12)15-13-16-14(2,3)10-18-13/h5-8H,4,9-10H2,1-3H3,(H,15,16). The largest absolute Gasteiger partial charge is 0.494 e. The highest BCUT2D eigenvalue weighted by atomic mass is 32.2. The second-order valence-electron chi connectivity index (χ2n) is 5.02. The van der Waals surface area contributed by atoms with Gasteiger partial charge in [0.1, 0.15) is 5.75 Å². The fourth-order valence-corrected chi connectivity index (χ4v) is 2.68. The molecule has 0 fully saturated rings. The van der Waals surface area contributed by atoms with Crippen molar-refractivity contribution in [2.45, 2.75) is 32.7 Å². The van der Waals surface area contributed by atoms with Crippen molar-refractivity contribution < 1.29 is 4.74 Å². The summed E-state index contributed by atoms with van der Waals surface area (Å²) >= 11 is 1.77. The predicted molar refractivity (Wildman–Crippen MR) is 79.8 cm³/mol.